The van der Waals surface area contributed by atoms with Gasteiger partial charge in [0.25, 0.3) is 0 Å². The van der Waals surface area contributed by atoms with Crippen LogP contribution in [0.3, 0.4) is 0 Å². The molecule has 4 nitrogen and oxygen atoms in total. The molecule has 0 atom stereocenters. The van der Waals surface area contributed by atoms with Crippen LogP contribution in [0.4, 0.5) is 39.5 Å². The SMILES string of the molecule is Cc1nn(-c2c(F)c(F)c(F)c(F)c2F)c(O)c1C(=O)c1cc(F)c(F)c(F)c1F.[Cu]. The van der Waals surface area contributed by atoms with Crippen LogP contribution >= 0.6 is 0 Å². The fourth-order valence-corrected chi connectivity index (χ4v) is 2.59. The average Bonchev–Trinajstić information content (AvgIpc) is 2.99. The van der Waals surface area contributed by atoms with Gasteiger partial charge in [-0.25, -0.2) is 39.5 Å². The molecule has 0 aliphatic carbocycles. The number of ketones is 1. The summed E-state index contributed by atoms with van der Waals surface area (Å²) in [5, 5.41) is 13.4. The molecular weight excluding hydrogens is 499 g/mol. The Balaban J connectivity index is 0.00000341. The van der Waals surface area contributed by atoms with Crippen LogP contribution in [0.1, 0.15) is 21.6 Å². The molecule has 31 heavy (non-hydrogen) atoms. The molecule has 0 unspecified atom stereocenters. The quantitative estimate of drug-likeness (QED) is 0.190. The number of aryl methyl sites for hydroxylation is 1. The maximum Gasteiger partial charge on any atom is 0.226 e. The van der Waals surface area contributed by atoms with Gasteiger partial charge in [-0.15, -0.1) is 0 Å². The Kier molecular flexibility index (Phi) is 6.48. The van der Waals surface area contributed by atoms with Gasteiger partial charge in [-0.05, 0) is 13.0 Å². The van der Waals surface area contributed by atoms with Crippen molar-refractivity contribution in [2.24, 2.45) is 0 Å². The summed E-state index contributed by atoms with van der Waals surface area (Å²) >= 11 is 0. The van der Waals surface area contributed by atoms with Gasteiger partial charge < -0.3 is 5.11 Å². The number of rotatable bonds is 3. The molecule has 0 saturated carbocycles. The standard InChI is InChI=1S/C17H5F9N2O2.Cu/c1-3-6(16(29)4-2-5(18)8(20)9(21)7(4)19)17(30)28(27-3)15-13(25)11(23)10(22)12(24)14(15)26;/h2,30H,1H3;. The number of hydrogen-bond donors (Lipinski definition) is 1. The largest absolute Gasteiger partial charge is 0.493 e. The Bertz CT molecular complexity index is 1210. The molecule has 0 bridgehead atoms. The second-order valence-corrected chi connectivity index (χ2v) is 5.79. The topological polar surface area (TPSA) is 55.1 Å². The van der Waals surface area contributed by atoms with Crippen LogP contribution in [-0.4, -0.2) is 20.7 Å². The van der Waals surface area contributed by atoms with Crippen molar-refractivity contribution < 1.29 is 66.5 Å². The van der Waals surface area contributed by atoms with Crippen LogP contribution < -0.4 is 0 Å². The Morgan fingerprint density at radius 2 is 1.26 bits per heavy atom. The van der Waals surface area contributed by atoms with Crippen molar-refractivity contribution in [3.63, 3.8) is 0 Å². The van der Waals surface area contributed by atoms with Crippen LogP contribution in [-0.2, 0) is 17.1 Å². The summed E-state index contributed by atoms with van der Waals surface area (Å²) in [7, 11) is 0. The van der Waals surface area contributed by atoms with Gasteiger partial charge in [0.2, 0.25) is 17.5 Å². The molecule has 1 aromatic heterocycles. The molecular formula is C17H5CuF9N2O2. The summed E-state index contributed by atoms with van der Waals surface area (Å²) in [6, 6.07) is -0.0509. The minimum Gasteiger partial charge on any atom is -0.493 e. The van der Waals surface area contributed by atoms with Crippen LogP contribution in [0.2, 0.25) is 0 Å². The van der Waals surface area contributed by atoms with E-state index in [1.54, 1.807) is 0 Å². The number of carbonyl (C=O) groups excluding carboxylic acids is 1. The second-order valence-electron chi connectivity index (χ2n) is 5.79. The van der Waals surface area contributed by atoms with Crippen molar-refractivity contribution in [3.8, 4) is 11.6 Å². The number of hydrogen-bond acceptors (Lipinski definition) is 3. The first-order valence-corrected chi connectivity index (χ1v) is 7.58. The minimum atomic E-state index is -2.51. The fraction of sp³-hybridized carbons (Fsp3) is 0.0588. The van der Waals surface area contributed by atoms with Gasteiger partial charge in [0.05, 0.1) is 11.3 Å². The summed E-state index contributed by atoms with van der Waals surface area (Å²) in [6.45, 7) is 0.893. The molecule has 0 saturated heterocycles. The van der Waals surface area contributed by atoms with Crippen LogP contribution in [0.15, 0.2) is 6.07 Å². The second kappa shape index (κ2) is 8.27. The molecule has 1 heterocycles. The first kappa shape index (κ1) is 24.3. The molecule has 14 heteroatoms. The smallest absolute Gasteiger partial charge is 0.226 e. The normalized spacial score (nSPS) is 10.9. The van der Waals surface area contributed by atoms with Crippen molar-refractivity contribution in [3.05, 3.63) is 75.2 Å². The van der Waals surface area contributed by atoms with Crippen LogP contribution in [0, 0.1) is 59.3 Å². The van der Waals surface area contributed by atoms with Gasteiger partial charge in [0.15, 0.2) is 46.5 Å². The molecule has 1 N–H and O–H groups in total. The van der Waals surface area contributed by atoms with E-state index in [2.05, 4.69) is 5.10 Å². The first-order valence-electron chi connectivity index (χ1n) is 7.58. The molecule has 0 aliphatic heterocycles. The van der Waals surface area contributed by atoms with Crippen molar-refractivity contribution in [2.45, 2.75) is 6.92 Å². The number of carbonyl (C=O) groups is 1. The van der Waals surface area contributed by atoms with Gasteiger partial charge in [-0.3, -0.25) is 4.79 Å². The fourth-order valence-electron chi connectivity index (χ4n) is 2.59. The third kappa shape index (κ3) is 3.55. The molecule has 0 spiro atoms. The zero-order valence-electron chi connectivity index (χ0n) is 14.5. The zero-order valence-corrected chi connectivity index (χ0v) is 15.5. The van der Waals surface area contributed by atoms with Gasteiger partial charge >= 0.3 is 0 Å². The number of halogens is 9. The molecule has 0 amide bonds. The molecule has 3 aromatic rings. The zero-order chi connectivity index (χ0) is 22.7. The first-order chi connectivity index (χ1) is 13.9. The van der Waals surface area contributed by atoms with E-state index in [0.29, 0.717) is 0 Å². The third-order valence-electron chi connectivity index (χ3n) is 4.01. The summed E-state index contributed by atoms with van der Waals surface area (Å²) in [5.41, 5.74) is -4.95. The monoisotopic (exact) mass is 503 g/mol. The van der Waals surface area contributed by atoms with Crippen molar-refractivity contribution in [1.82, 2.24) is 9.78 Å². The number of aromatic hydroxyl groups is 1. The maximum atomic E-state index is 14.0. The Labute approximate surface area is 176 Å². The van der Waals surface area contributed by atoms with Gasteiger partial charge in [0.1, 0.15) is 11.3 Å². The summed E-state index contributed by atoms with van der Waals surface area (Å²) < 4.78 is 121. The predicted molar refractivity (Wildman–Crippen MR) is 79.5 cm³/mol. The Hall–Kier alpha value is -2.99. The van der Waals surface area contributed by atoms with Crippen molar-refractivity contribution in [2.75, 3.05) is 0 Å². The maximum absolute atomic E-state index is 14.0. The van der Waals surface area contributed by atoms with E-state index in [0.717, 1.165) is 6.92 Å². The van der Waals surface area contributed by atoms with E-state index in [4.69, 9.17) is 0 Å². The summed E-state index contributed by atoms with van der Waals surface area (Å²) in [5.74, 6) is -24.1. The predicted octanol–water partition coefficient (Wildman–Crippen LogP) is 4.37. The van der Waals surface area contributed by atoms with Gasteiger partial charge in [-0.2, -0.15) is 9.78 Å². The van der Waals surface area contributed by atoms with E-state index >= 15 is 0 Å². The van der Waals surface area contributed by atoms with Gasteiger partial charge in [0, 0.05) is 17.1 Å². The average molecular weight is 504 g/mol. The van der Waals surface area contributed by atoms with Gasteiger partial charge in [-0.1, -0.05) is 0 Å². The molecule has 2 aromatic carbocycles. The number of benzene rings is 2. The molecule has 169 valence electrons. The minimum absolute atomic E-state index is 0. The van der Waals surface area contributed by atoms with E-state index < -0.39 is 86.5 Å². The van der Waals surface area contributed by atoms with Crippen LogP contribution in [0.5, 0.6) is 5.88 Å². The van der Waals surface area contributed by atoms with Crippen molar-refractivity contribution in [1.29, 1.82) is 0 Å². The van der Waals surface area contributed by atoms with E-state index in [-0.39, 0.29) is 27.8 Å². The van der Waals surface area contributed by atoms with E-state index in [1.807, 2.05) is 0 Å². The van der Waals surface area contributed by atoms with E-state index in [9.17, 15) is 49.4 Å². The molecule has 0 aliphatic rings. The third-order valence-corrected chi connectivity index (χ3v) is 4.01. The Morgan fingerprint density at radius 3 is 1.77 bits per heavy atom. The Morgan fingerprint density at radius 1 is 0.806 bits per heavy atom. The number of nitrogens with zero attached hydrogens (tertiary/aromatic N) is 2. The number of aromatic nitrogens is 2. The summed E-state index contributed by atoms with van der Waals surface area (Å²) in [6.07, 6.45) is 0. The summed E-state index contributed by atoms with van der Waals surface area (Å²) in [4.78, 5) is 12.4. The van der Waals surface area contributed by atoms with E-state index in [1.165, 1.54) is 0 Å². The molecule has 1 radical (unpaired) electrons. The van der Waals surface area contributed by atoms with Crippen LogP contribution in [0.25, 0.3) is 5.69 Å². The molecule has 0 fully saturated rings. The molecule has 3 rings (SSSR count). The van der Waals surface area contributed by atoms with Crippen molar-refractivity contribution >= 4 is 5.78 Å².